The van der Waals surface area contributed by atoms with E-state index in [1.165, 1.54) is 0 Å². The first-order valence-corrected chi connectivity index (χ1v) is 5.08. The van der Waals surface area contributed by atoms with E-state index in [2.05, 4.69) is 0 Å². The van der Waals surface area contributed by atoms with Gasteiger partial charge in [0.25, 0.3) is 0 Å². The lowest BCUT2D eigenvalue weighted by Crippen LogP contribution is -2.10. The van der Waals surface area contributed by atoms with Crippen molar-refractivity contribution in [2.75, 3.05) is 7.11 Å². The molecule has 1 aromatic heterocycles. The number of hydrogen-bond donors (Lipinski definition) is 0. The maximum absolute atomic E-state index is 11.8. The monoisotopic (exact) mass is 215 g/mol. The normalized spacial score (nSPS) is 10.1. The summed E-state index contributed by atoms with van der Waals surface area (Å²) in [6, 6.07) is 11.2. The van der Waals surface area contributed by atoms with E-state index in [0.717, 1.165) is 11.3 Å². The minimum Gasteiger partial charge on any atom is -0.497 e. The van der Waals surface area contributed by atoms with Gasteiger partial charge in [0, 0.05) is 12.4 Å². The molecule has 1 aromatic carbocycles. The van der Waals surface area contributed by atoms with Crippen molar-refractivity contribution >= 4 is 5.91 Å². The zero-order valence-electron chi connectivity index (χ0n) is 9.09. The van der Waals surface area contributed by atoms with Crippen LogP contribution in [0, 0.1) is 0 Å². The van der Waals surface area contributed by atoms with Crippen molar-refractivity contribution in [2.45, 2.75) is 6.42 Å². The molecule has 0 fully saturated rings. The quantitative estimate of drug-likeness (QED) is 0.787. The lowest BCUT2D eigenvalue weighted by atomic mass is 10.1. The number of hydrogen-bond acceptors (Lipinski definition) is 2. The van der Waals surface area contributed by atoms with E-state index in [1.54, 1.807) is 24.1 Å². The summed E-state index contributed by atoms with van der Waals surface area (Å²) < 4.78 is 6.64. The fraction of sp³-hybridized carbons (Fsp3) is 0.154. The van der Waals surface area contributed by atoms with Crippen molar-refractivity contribution in [1.82, 2.24) is 4.57 Å². The maximum atomic E-state index is 11.8. The van der Waals surface area contributed by atoms with E-state index in [0.29, 0.717) is 6.42 Å². The molecule has 0 N–H and O–H groups in total. The van der Waals surface area contributed by atoms with Crippen LogP contribution in [0.2, 0.25) is 0 Å². The Balaban J connectivity index is 2.06. The zero-order valence-corrected chi connectivity index (χ0v) is 9.09. The molecule has 1 heterocycles. The number of aromatic nitrogens is 1. The van der Waals surface area contributed by atoms with Crippen molar-refractivity contribution in [3.05, 3.63) is 54.4 Å². The van der Waals surface area contributed by atoms with Gasteiger partial charge in [0.15, 0.2) is 0 Å². The number of nitrogens with zero attached hydrogens (tertiary/aromatic N) is 1. The Morgan fingerprint density at radius 2 is 1.81 bits per heavy atom. The first kappa shape index (κ1) is 10.5. The van der Waals surface area contributed by atoms with Crippen LogP contribution in [0.4, 0.5) is 0 Å². The second-order valence-electron chi connectivity index (χ2n) is 3.51. The number of benzene rings is 1. The number of carbonyl (C=O) groups is 1. The third-order valence-corrected chi connectivity index (χ3v) is 2.41. The molecule has 0 saturated heterocycles. The maximum Gasteiger partial charge on any atom is 0.234 e. The summed E-state index contributed by atoms with van der Waals surface area (Å²) in [5.74, 6) is 0.868. The minimum atomic E-state index is 0.0650. The van der Waals surface area contributed by atoms with Gasteiger partial charge in [0.1, 0.15) is 5.75 Å². The van der Waals surface area contributed by atoms with Crippen molar-refractivity contribution in [3.63, 3.8) is 0 Å². The molecule has 0 atom stereocenters. The van der Waals surface area contributed by atoms with Crippen LogP contribution in [0.25, 0.3) is 0 Å². The van der Waals surface area contributed by atoms with Crippen LogP contribution in [0.3, 0.4) is 0 Å². The summed E-state index contributed by atoms with van der Waals surface area (Å²) in [5, 5.41) is 0. The molecule has 2 aromatic rings. The lowest BCUT2D eigenvalue weighted by Gasteiger charge is -2.03. The zero-order chi connectivity index (χ0) is 11.4. The molecule has 0 amide bonds. The number of ether oxygens (including phenoxy) is 1. The van der Waals surface area contributed by atoms with E-state index in [1.807, 2.05) is 36.4 Å². The highest BCUT2D eigenvalue weighted by Crippen LogP contribution is 2.12. The Bertz CT molecular complexity index is 457. The molecule has 3 nitrogen and oxygen atoms in total. The third kappa shape index (κ3) is 2.31. The van der Waals surface area contributed by atoms with E-state index >= 15 is 0 Å². The Morgan fingerprint density at radius 1 is 1.19 bits per heavy atom. The van der Waals surface area contributed by atoms with E-state index in [-0.39, 0.29) is 5.91 Å². The molecule has 16 heavy (non-hydrogen) atoms. The smallest absolute Gasteiger partial charge is 0.234 e. The first-order valence-electron chi connectivity index (χ1n) is 5.08. The standard InChI is InChI=1S/C13H13NO2/c1-16-12-6-4-11(5-7-12)10-13(15)14-8-2-3-9-14/h2-9H,10H2,1H3. The molecule has 0 radical (unpaired) electrons. The Labute approximate surface area is 94.3 Å². The van der Waals surface area contributed by atoms with Crippen molar-refractivity contribution in [1.29, 1.82) is 0 Å². The predicted octanol–water partition coefficient (Wildman–Crippen LogP) is 2.38. The van der Waals surface area contributed by atoms with Crippen LogP contribution < -0.4 is 4.74 Å². The number of methoxy groups -OCH3 is 1. The molecule has 0 aliphatic carbocycles. The highest BCUT2D eigenvalue weighted by Gasteiger charge is 2.04. The second kappa shape index (κ2) is 4.66. The first-order chi connectivity index (χ1) is 7.79. The number of carbonyl (C=O) groups excluding carboxylic acids is 1. The third-order valence-electron chi connectivity index (χ3n) is 2.41. The predicted molar refractivity (Wildman–Crippen MR) is 61.8 cm³/mol. The van der Waals surface area contributed by atoms with Crippen LogP contribution in [-0.2, 0) is 6.42 Å². The molecular weight excluding hydrogens is 202 g/mol. The molecular formula is C13H13NO2. The van der Waals surface area contributed by atoms with Gasteiger partial charge in [0.2, 0.25) is 5.91 Å². The van der Waals surface area contributed by atoms with Gasteiger partial charge < -0.3 is 4.74 Å². The summed E-state index contributed by atoms with van der Waals surface area (Å²) in [4.78, 5) is 11.8. The van der Waals surface area contributed by atoms with Crippen LogP contribution in [0.15, 0.2) is 48.8 Å². The molecule has 3 heteroatoms. The highest BCUT2D eigenvalue weighted by molar-refractivity contribution is 5.81. The summed E-state index contributed by atoms with van der Waals surface area (Å²) in [6.07, 6.45) is 3.91. The van der Waals surface area contributed by atoms with Gasteiger partial charge >= 0.3 is 0 Å². The Morgan fingerprint density at radius 3 is 2.38 bits per heavy atom. The molecule has 0 aliphatic rings. The number of rotatable bonds is 3. The SMILES string of the molecule is COc1ccc(CC(=O)n2cccc2)cc1. The van der Waals surface area contributed by atoms with E-state index in [4.69, 9.17) is 4.74 Å². The molecule has 0 spiro atoms. The summed E-state index contributed by atoms with van der Waals surface area (Å²) in [6.45, 7) is 0. The van der Waals surface area contributed by atoms with Gasteiger partial charge in [-0.05, 0) is 29.8 Å². The minimum absolute atomic E-state index is 0.0650. The molecule has 0 saturated carbocycles. The van der Waals surface area contributed by atoms with Gasteiger partial charge in [-0.1, -0.05) is 12.1 Å². The lowest BCUT2D eigenvalue weighted by molar-refractivity contribution is 0.0914. The molecule has 82 valence electrons. The van der Waals surface area contributed by atoms with E-state index < -0.39 is 0 Å². The Hall–Kier alpha value is -2.03. The molecule has 0 unspecified atom stereocenters. The summed E-state index contributed by atoms with van der Waals surface area (Å²) >= 11 is 0. The summed E-state index contributed by atoms with van der Waals surface area (Å²) in [5.41, 5.74) is 0.986. The van der Waals surface area contributed by atoms with Crippen molar-refractivity contribution in [2.24, 2.45) is 0 Å². The largest absolute Gasteiger partial charge is 0.497 e. The van der Waals surface area contributed by atoms with Crippen LogP contribution in [0.5, 0.6) is 5.75 Å². The van der Waals surface area contributed by atoms with Crippen LogP contribution >= 0.6 is 0 Å². The summed E-state index contributed by atoms with van der Waals surface area (Å²) in [7, 11) is 1.62. The topological polar surface area (TPSA) is 31.2 Å². The van der Waals surface area contributed by atoms with Gasteiger partial charge in [-0.15, -0.1) is 0 Å². The molecule has 2 rings (SSSR count). The average Bonchev–Trinajstić information content (AvgIpc) is 2.83. The highest BCUT2D eigenvalue weighted by atomic mass is 16.5. The fourth-order valence-electron chi connectivity index (χ4n) is 1.51. The van der Waals surface area contributed by atoms with Gasteiger partial charge in [-0.25, -0.2) is 0 Å². The van der Waals surface area contributed by atoms with E-state index in [9.17, 15) is 4.79 Å². The molecule has 0 aliphatic heterocycles. The Kier molecular flexibility index (Phi) is 3.05. The van der Waals surface area contributed by atoms with Crippen molar-refractivity contribution < 1.29 is 9.53 Å². The van der Waals surface area contributed by atoms with Gasteiger partial charge in [-0.3, -0.25) is 9.36 Å². The second-order valence-corrected chi connectivity index (χ2v) is 3.51. The fourth-order valence-corrected chi connectivity index (χ4v) is 1.51. The van der Waals surface area contributed by atoms with Gasteiger partial charge in [-0.2, -0.15) is 0 Å². The van der Waals surface area contributed by atoms with Crippen LogP contribution in [-0.4, -0.2) is 17.6 Å². The average molecular weight is 215 g/mol. The molecule has 0 bridgehead atoms. The van der Waals surface area contributed by atoms with Crippen LogP contribution in [0.1, 0.15) is 10.4 Å². The van der Waals surface area contributed by atoms with Gasteiger partial charge in [0.05, 0.1) is 13.5 Å². The van der Waals surface area contributed by atoms with Crippen molar-refractivity contribution in [3.8, 4) is 5.75 Å².